The van der Waals surface area contributed by atoms with Crippen LogP contribution < -0.4 is 0 Å². The molecule has 0 aliphatic carbocycles. The lowest BCUT2D eigenvalue weighted by Crippen LogP contribution is -2.29. The Bertz CT molecular complexity index is 989. The predicted octanol–water partition coefficient (Wildman–Crippen LogP) is 2.97. The van der Waals surface area contributed by atoms with E-state index in [2.05, 4.69) is 0 Å². The molecule has 0 unspecified atom stereocenters. The van der Waals surface area contributed by atoms with Crippen LogP contribution in [0.25, 0.3) is 0 Å². The fraction of sp³-hybridized carbons (Fsp3) is 0.0500. The molecule has 130 valence electrons. The van der Waals surface area contributed by atoms with Crippen molar-refractivity contribution in [2.24, 2.45) is 0 Å². The summed E-state index contributed by atoms with van der Waals surface area (Å²) < 4.78 is 5.76. The third kappa shape index (κ3) is 2.09. The van der Waals surface area contributed by atoms with Crippen molar-refractivity contribution in [3.63, 3.8) is 0 Å². The molecule has 0 spiro atoms. The number of hydrogen-bond donors (Lipinski definition) is 4. The molecule has 0 aromatic heterocycles. The minimum absolute atomic E-state index is 0.310. The molecule has 4 rings (SSSR count). The number of carbonyl (C=O) groups is 1. The first kappa shape index (κ1) is 15.8. The Morgan fingerprint density at radius 2 is 1.23 bits per heavy atom. The monoisotopic (exact) mass is 350 g/mol. The van der Waals surface area contributed by atoms with Gasteiger partial charge in [0.2, 0.25) is 0 Å². The van der Waals surface area contributed by atoms with E-state index in [0.29, 0.717) is 22.3 Å². The highest BCUT2D eigenvalue weighted by Gasteiger charge is 2.48. The molecule has 0 amide bonds. The molecule has 0 radical (unpaired) electrons. The van der Waals surface area contributed by atoms with Crippen molar-refractivity contribution in [1.29, 1.82) is 0 Å². The van der Waals surface area contributed by atoms with Crippen LogP contribution in [0.1, 0.15) is 27.0 Å². The first-order valence-electron chi connectivity index (χ1n) is 7.81. The van der Waals surface area contributed by atoms with Crippen LogP contribution in [0.15, 0.2) is 60.7 Å². The highest BCUT2D eigenvalue weighted by atomic mass is 16.6. The Hall–Kier alpha value is -3.67. The highest BCUT2D eigenvalue weighted by molar-refractivity contribution is 5.96. The van der Waals surface area contributed by atoms with Gasteiger partial charge in [-0.1, -0.05) is 30.3 Å². The van der Waals surface area contributed by atoms with Gasteiger partial charge in [-0.2, -0.15) is 0 Å². The highest BCUT2D eigenvalue weighted by Crippen LogP contribution is 2.49. The predicted molar refractivity (Wildman–Crippen MR) is 91.3 cm³/mol. The van der Waals surface area contributed by atoms with Gasteiger partial charge in [0.25, 0.3) is 0 Å². The van der Waals surface area contributed by atoms with Crippen LogP contribution in [0, 0.1) is 0 Å². The molecule has 1 heterocycles. The van der Waals surface area contributed by atoms with Gasteiger partial charge in [-0.15, -0.1) is 0 Å². The van der Waals surface area contributed by atoms with E-state index in [4.69, 9.17) is 4.74 Å². The molecule has 3 aromatic rings. The molecule has 0 bridgehead atoms. The number of aromatic hydroxyl groups is 4. The van der Waals surface area contributed by atoms with E-state index in [9.17, 15) is 25.2 Å². The molecule has 6 nitrogen and oxygen atoms in total. The summed E-state index contributed by atoms with van der Waals surface area (Å²) in [6.45, 7) is 0. The maximum Gasteiger partial charge on any atom is 0.340 e. The lowest BCUT2D eigenvalue weighted by atomic mass is 9.79. The third-order valence-corrected chi connectivity index (χ3v) is 4.54. The molecule has 1 aliphatic heterocycles. The van der Waals surface area contributed by atoms with Crippen molar-refractivity contribution in [2.75, 3.05) is 0 Å². The minimum atomic E-state index is -1.44. The first-order chi connectivity index (χ1) is 12.4. The molecular weight excluding hydrogens is 336 g/mol. The summed E-state index contributed by atoms with van der Waals surface area (Å²) in [4.78, 5) is 12.5. The lowest BCUT2D eigenvalue weighted by molar-refractivity contribution is 0.0250. The average molecular weight is 350 g/mol. The van der Waals surface area contributed by atoms with Crippen LogP contribution >= 0.6 is 0 Å². The van der Waals surface area contributed by atoms with Gasteiger partial charge in [0, 0.05) is 16.7 Å². The van der Waals surface area contributed by atoms with Crippen LogP contribution in [-0.4, -0.2) is 26.4 Å². The van der Waals surface area contributed by atoms with Gasteiger partial charge >= 0.3 is 5.97 Å². The van der Waals surface area contributed by atoms with Gasteiger partial charge in [0.05, 0.1) is 5.56 Å². The maximum absolute atomic E-state index is 12.5. The molecular formula is C20H14O6. The molecule has 1 aliphatic rings. The van der Waals surface area contributed by atoms with Crippen molar-refractivity contribution < 1.29 is 30.0 Å². The fourth-order valence-electron chi connectivity index (χ4n) is 3.30. The number of rotatable bonds is 2. The summed E-state index contributed by atoms with van der Waals surface area (Å²) in [5.74, 6) is -1.92. The quantitative estimate of drug-likeness (QED) is 0.418. The number of benzene rings is 3. The fourth-order valence-corrected chi connectivity index (χ4v) is 3.30. The molecule has 4 N–H and O–H groups in total. The second-order valence-electron chi connectivity index (χ2n) is 6.02. The van der Waals surface area contributed by atoms with Crippen LogP contribution in [0.4, 0.5) is 0 Å². The lowest BCUT2D eigenvalue weighted by Gasteiger charge is -2.30. The summed E-state index contributed by atoms with van der Waals surface area (Å²) in [5.41, 5.74) is 0.213. The van der Waals surface area contributed by atoms with Crippen LogP contribution in [0.5, 0.6) is 23.0 Å². The molecule has 6 heteroatoms. The number of carbonyl (C=O) groups excluding carboxylic acids is 1. The first-order valence-corrected chi connectivity index (χ1v) is 7.81. The normalized spacial score (nSPS) is 14.7. The summed E-state index contributed by atoms with van der Waals surface area (Å²) >= 11 is 0. The number of fused-ring (bicyclic) bond motifs is 1. The van der Waals surface area contributed by atoms with Gasteiger partial charge in [-0.05, 0) is 30.3 Å². The Morgan fingerprint density at radius 1 is 0.692 bits per heavy atom. The molecule has 0 fully saturated rings. The minimum Gasteiger partial charge on any atom is -0.504 e. The zero-order valence-electron chi connectivity index (χ0n) is 13.4. The number of phenols is 4. The second-order valence-corrected chi connectivity index (χ2v) is 6.02. The van der Waals surface area contributed by atoms with E-state index in [1.54, 1.807) is 24.3 Å². The van der Waals surface area contributed by atoms with Gasteiger partial charge in [-0.25, -0.2) is 4.79 Å². The number of cyclic esters (lactones) is 1. The largest absolute Gasteiger partial charge is 0.504 e. The Morgan fingerprint density at radius 3 is 1.77 bits per heavy atom. The van der Waals surface area contributed by atoms with Crippen LogP contribution in [-0.2, 0) is 10.3 Å². The van der Waals surface area contributed by atoms with E-state index in [-0.39, 0.29) is 23.0 Å². The number of phenolic OH excluding ortho intramolecular Hbond substituents is 4. The van der Waals surface area contributed by atoms with Crippen LogP contribution in [0.3, 0.4) is 0 Å². The van der Waals surface area contributed by atoms with Gasteiger partial charge in [0.15, 0.2) is 28.6 Å². The van der Waals surface area contributed by atoms with Gasteiger partial charge in [0.1, 0.15) is 0 Å². The Kier molecular flexibility index (Phi) is 3.30. The molecule has 3 aromatic carbocycles. The Balaban J connectivity index is 2.07. The third-order valence-electron chi connectivity index (χ3n) is 4.54. The average Bonchev–Trinajstić information content (AvgIpc) is 2.94. The van der Waals surface area contributed by atoms with E-state index >= 15 is 0 Å². The molecule has 0 atom stereocenters. The zero-order chi connectivity index (χ0) is 18.5. The summed E-state index contributed by atoms with van der Waals surface area (Å²) in [6, 6.07) is 15.0. The van der Waals surface area contributed by atoms with Crippen molar-refractivity contribution >= 4 is 5.97 Å². The Labute approximate surface area is 148 Å². The number of ether oxygens (including phenoxy) is 1. The molecule has 26 heavy (non-hydrogen) atoms. The van der Waals surface area contributed by atoms with Crippen molar-refractivity contribution in [1.82, 2.24) is 0 Å². The van der Waals surface area contributed by atoms with Crippen molar-refractivity contribution in [3.8, 4) is 23.0 Å². The SMILES string of the molecule is O=C1OC(c2ccc(O)c(O)c2)(c2ccc(O)c(O)c2)c2ccccc21. The van der Waals surface area contributed by atoms with Gasteiger partial charge in [-0.3, -0.25) is 0 Å². The topological polar surface area (TPSA) is 107 Å². The number of hydrogen-bond acceptors (Lipinski definition) is 6. The van der Waals surface area contributed by atoms with Crippen molar-refractivity contribution in [3.05, 3.63) is 82.9 Å². The van der Waals surface area contributed by atoms with E-state index in [1.165, 1.54) is 36.4 Å². The smallest absolute Gasteiger partial charge is 0.340 e. The standard InChI is InChI=1S/C20H14O6/c21-15-7-5-11(9-17(15)23)20(12-6-8-16(22)18(24)10-12)14-4-2-1-3-13(14)19(25)26-20/h1-10,21-24H. The maximum atomic E-state index is 12.5. The summed E-state index contributed by atoms with van der Waals surface area (Å²) in [7, 11) is 0. The van der Waals surface area contributed by atoms with E-state index in [0.717, 1.165) is 0 Å². The van der Waals surface area contributed by atoms with E-state index < -0.39 is 11.6 Å². The molecule has 0 saturated carbocycles. The zero-order valence-corrected chi connectivity index (χ0v) is 13.4. The number of esters is 1. The van der Waals surface area contributed by atoms with E-state index in [1.807, 2.05) is 0 Å². The molecule has 0 saturated heterocycles. The van der Waals surface area contributed by atoms with Gasteiger partial charge < -0.3 is 25.2 Å². The summed E-state index contributed by atoms with van der Waals surface area (Å²) in [6.07, 6.45) is 0. The van der Waals surface area contributed by atoms with Crippen LogP contribution in [0.2, 0.25) is 0 Å². The summed E-state index contributed by atoms with van der Waals surface area (Å²) in [5, 5.41) is 39.2. The second kappa shape index (κ2) is 5.42. The van der Waals surface area contributed by atoms with Crippen molar-refractivity contribution in [2.45, 2.75) is 5.60 Å².